The van der Waals surface area contributed by atoms with Gasteiger partial charge in [-0.25, -0.2) is 10.4 Å². The van der Waals surface area contributed by atoms with E-state index in [4.69, 9.17) is 0 Å². The van der Waals surface area contributed by atoms with Crippen LogP contribution >= 0.6 is 0 Å². The molecule has 5 nitrogen and oxygen atoms in total. The molecule has 0 spiro atoms. The van der Waals surface area contributed by atoms with E-state index in [9.17, 15) is 4.79 Å². The Hall–Kier alpha value is -2.95. The summed E-state index contributed by atoms with van der Waals surface area (Å²) in [6.45, 7) is 0.226. The average Bonchev–Trinajstić information content (AvgIpc) is 3.10. The van der Waals surface area contributed by atoms with Gasteiger partial charge in [-0.15, -0.1) is 0 Å². The first-order valence-corrected chi connectivity index (χ1v) is 9.09. The second-order valence-corrected chi connectivity index (χ2v) is 6.76. The zero-order valence-corrected chi connectivity index (χ0v) is 14.6. The largest absolute Gasteiger partial charge is 0.321 e. The first kappa shape index (κ1) is 16.5. The predicted molar refractivity (Wildman–Crippen MR) is 103 cm³/mol. The minimum absolute atomic E-state index is 0.120. The van der Waals surface area contributed by atoms with Gasteiger partial charge in [0.2, 0.25) is 0 Å². The third-order valence-corrected chi connectivity index (χ3v) is 5.01. The van der Waals surface area contributed by atoms with Crippen LogP contribution in [0.2, 0.25) is 0 Å². The molecule has 3 aromatic rings. The molecular weight excluding hydrogens is 324 g/mol. The van der Waals surface area contributed by atoms with Gasteiger partial charge in [0.25, 0.3) is 5.91 Å². The topological polar surface area (TPSA) is 59.3 Å². The maximum atomic E-state index is 12.2. The van der Waals surface area contributed by atoms with Crippen LogP contribution in [-0.2, 0) is 11.3 Å². The number of fused-ring (bicyclic) bond motifs is 1. The third kappa shape index (κ3) is 3.67. The number of carbonyl (C=O) groups is 1. The highest BCUT2D eigenvalue weighted by atomic mass is 16.2. The van der Waals surface area contributed by atoms with Gasteiger partial charge in [0.1, 0.15) is 6.54 Å². The molecule has 2 aromatic carbocycles. The van der Waals surface area contributed by atoms with Crippen molar-refractivity contribution in [2.24, 2.45) is 5.10 Å². The van der Waals surface area contributed by atoms with E-state index in [1.54, 1.807) is 6.33 Å². The minimum Gasteiger partial charge on any atom is -0.321 e. The molecule has 1 aliphatic rings. The molecule has 0 bridgehead atoms. The first-order chi connectivity index (χ1) is 12.8. The number of rotatable bonds is 4. The van der Waals surface area contributed by atoms with Crippen molar-refractivity contribution >= 4 is 22.7 Å². The number of imidazole rings is 1. The van der Waals surface area contributed by atoms with Crippen molar-refractivity contribution in [1.82, 2.24) is 15.0 Å². The van der Waals surface area contributed by atoms with Crippen molar-refractivity contribution in [3.63, 3.8) is 0 Å². The molecule has 1 heterocycles. The van der Waals surface area contributed by atoms with Gasteiger partial charge in [0, 0.05) is 5.71 Å². The number of hydrazone groups is 1. The predicted octanol–water partition coefficient (Wildman–Crippen LogP) is 3.87. The third-order valence-electron chi connectivity index (χ3n) is 5.01. The summed E-state index contributed by atoms with van der Waals surface area (Å²) in [5.41, 5.74) is 7.05. The Morgan fingerprint density at radius 2 is 1.81 bits per heavy atom. The number of carbonyl (C=O) groups excluding carboxylic acids is 1. The summed E-state index contributed by atoms with van der Waals surface area (Å²) >= 11 is 0. The van der Waals surface area contributed by atoms with E-state index in [0.29, 0.717) is 5.92 Å². The van der Waals surface area contributed by atoms with Crippen LogP contribution in [0.25, 0.3) is 11.0 Å². The second kappa shape index (κ2) is 7.52. The molecule has 0 unspecified atom stereocenters. The molecule has 1 N–H and O–H groups in total. The van der Waals surface area contributed by atoms with Crippen LogP contribution < -0.4 is 5.43 Å². The van der Waals surface area contributed by atoms with Crippen LogP contribution in [-0.4, -0.2) is 21.2 Å². The fourth-order valence-corrected chi connectivity index (χ4v) is 3.59. The van der Waals surface area contributed by atoms with E-state index in [1.807, 2.05) is 28.8 Å². The standard InChI is InChI=1S/C21H22N4O/c26-21(14-25-15-22-19-8-4-5-9-20(19)25)24-23-18-12-10-17(11-13-18)16-6-2-1-3-7-16/h1-9,15,17H,10-14H2,(H,24,26). The fraction of sp³-hybridized carbons (Fsp3) is 0.286. The van der Waals surface area contributed by atoms with Crippen LogP contribution in [0.4, 0.5) is 0 Å². The molecule has 0 saturated heterocycles. The quantitative estimate of drug-likeness (QED) is 0.729. The zero-order valence-electron chi connectivity index (χ0n) is 14.6. The molecular formula is C21H22N4O. The summed E-state index contributed by atoms with van der Waals surface area (Å²) in [5, 5.41) is 4.36. The summed E-state index contributed by atoms with van der Waals surface area (Å²) in [5.74, 6) is 0.481. The molecule has 0 aliphatic heterocycles. The molecule has 132 valence electrons. The number of nitrogens with zero attached hydrogens (tertiary/aromatic N) is 3. The van der Waals surface area contributed by atoms with Crippen molar-refractivity contribution < 1.29 is 4.79 Å². The Balaban J connectivity index is 1.32. The Kier molecular flexibility index (Phi) is 4.78. The Morgan fingerprint density at radius 1 is 1.08 bits per heavy atom. The van der Waals surface area contributed by atoms with Gasteiger partial charge in [0.15, 0.2) is 0 Å². The van der Waals surface area contributed by atoms with Crippen molar-refractivity contribution in [2.45, 2.75) is 38.1 Å². The number of nitrogens with one attached hydrogen (secondary N) is 1. The molecule has 1 amide bonds. The van der Waals surface area contributed by atoms with Gasteiger partial charge in [-0.05, 0) is 49.3 Å². The number of amides is 1. The van der Waals surface area contributed by atoms with E-state index in [2.05, 4.69) is 45.8 Å². The smallest absolute Gasteiger partial charge is 0.260 e. The highest BCUT2D eigenvalue weighted by Gasteiger charge is 2.19. The van der Waals surface area contributed by atoms with E-state index >= 15 is 0 Å². The molecule has 0 radical (unpaired) electrons. The molecule has 5 heteroatoms. The number of aromatic nitrogens is 2. The van der Waals surface area contributed by atoms with Crippen LogP contribution in [0.15, 0.2) is 66.0 Å². The highest BCUT2D eigenvalue weighted by Crippen LogP contribution is 2.31. The first-order valence-electron chi connectivity index (χ1n) is 9.09. The normalized spacial score (nSPS) is 17.2. The van der Waals surface area contributed by atoms with Crippen molar-refractivity contribution in [1.29, 1.82) is 0 Å². The molecule has 1 fully saturated rings. The minimum atomic E-state index is -0.120. The van der Waals surface area contributed by atoms with Gasteiger partial charge < -0.3 is 4.57 Å². The summed E-state index contributed by atoms with van der Waals surface area (Å²) < 4.78 is 1.84. The van der Waals surface area contributed by atoms with Gasteiger partial charge in [0.05, 0.1) is 17.4 Å². The lowest BCUT2D eigenvalue weighted by Crippen LogP contribution is -2.25. The number of benzene rings is 2. The summed E-state index contributed by atoms with van der Waals surface area (Å²) in [6, 6.07) is 18.4. The average molecular weight is 346 g/mol. The summed E-state index contributed by atoms with van der Waals surface area (Å²) in [4.78, 5) is 16.5. The Labute approximate surface area is 152 Å². The number of para-hydroxylation sites is 2. The van der Waals surface area contributed by atoms with Crippen molar-refractivity contribution in [3.05, 3.63) is 66.5 Å². The number of hydrogen-bond acceptors (Lipinski definition) is 3. The molecule has 4 rings (SSSR count). The second-order valence-electron chi connectivity index (χ2n) is 6.76. The van der Waals surface area contributed by atoms with Crippen molar-refractivity contribution in [2.75, 3.05) is 0 Å². The van der Waals surface area contributed by atoms with Crippen LogP contribution in [0.5, 0.6) is 0 Å². The summed E-state index contributed by atoms with van der Waals surface area (Å²) in [7, 11) is 0. The molecule has 1 aliphatic carbocycles. The number of hydrogen-bond donors (Lipinski definition) is 1. The van der Waals surface area contributed by atoms with E-state index in [1.165, 1.54) is 5.56 Å². The van der Waals surface area contributed by atoms with E-state index in [0.717, 1.165) is 42.4 Å². The maximum absolute atomic E-state index is 12.2. The van der Waals surface area contributed by atoms with Gasteiger partial charge in [-0.3, -0.25) is 4.79 Å². The Bertz CT molecular complexity index is 919. The summed E-state index contributed by atoms with van der Waals surface area (Å²) in [6.07, 6.45) is 5.75. The van der Waals surface area contributed by atoms with E-state index < -0.39 is 0 Å². The molecule has 1 aromatic heterocycles. The fourth-order valence-electron chi connectivity index (χ4n) is 3.59. The lowest BCUT2D eigenvalue weighted by atomic mass is 9.83. The van der Waals surface area contributed by atoms with Gasteiger partial charge in [-0.2, -0.15) is 5.10 Å². The van der Waals surface area contributed by atoms with Crippen LogP contribution in [0.3, 0.4) is 0 Å². The van der Waals surface area contributed by atoms with Crippen molar-refractivity contribution in [3.8, 4) is 0 Å². The highest BCUT2D eigenvalue weighted by molar-refractivity contribution is 5.87. The van der Waals surface area contributed by atoms with Crippen LogP contribution in [0, 0.1) is 0 Å². The molecule has 1 saturated carbocycles. The van der Waals surface area contributed by atoms with Crippen LogP contribution in [0.1, 0.15) is 37.2 Å². The zero-order chi connectivity index (χ0) is 17.8. The van der Waals surface area contributed by atoms with Gasteiger partial charge >= 0.3 is 0 Å². The molecule has 26 heavy (non-hydrogen) atoms. The van der Waals surface area contributed by atoms with Gasteiger partial charge in [-0.1, -0.05) is 42.5 Å². The molecule has 0 atom stereocenters. The van der Waals surface area contributed by atoms with E-state index in [-0.39, 0.29) is 12.5 Å². The maximum Gasteiger partial charge on any atom is 0.260 e. The Morgan fingerprint density at radius 3 is 2.62 bits per heavy atom. The monoisotopic (exact) mass is 346 g/mol. The lowest BCUT2D eigenvalue weighted by Gasteiger charge is -2.23. The lowest BCUT2D eigenvalue weighted by molar-refractivity contribution is -0.121. The SMILES string of the molecule is O=C(Cn1cnc2ccccc21)NN=C1CCC(c2ccccc2)CC1.